The summed E-state index contributed by atoms with van der Waals surface area (Å²) in [5, 5.41) is 9.46. The van der Waals surface area contributed by atoms with Crippen LogP contribution in [0.3, 0.4) is 0 Å². The van der Waals surface area contributed by atoms with E-state index in [4.69, 9.17) is 4.74 Å². The number of hydrogen-bond acceptors (Lipinski definition) is 4. The molecular formula is C24H17N3O. The van der Waals surface area contributed by atoms with Crippen molar-refractivity contribution in [2.45, 2.75) is 12.8 Å². The van der Waals surface area contributed by atoms with E-state index in [-0.39, 0.29) is 0 Å². The molecule has 1 aliphatic carbocycles. The number of nitriles is 1. The maximum atomic E-state index is 9.46. The predicted octanol–water partition coefficient (Wildman–Crippen LogP) is 5.71. The lowest BCUT2D eigenvalue weighted by molar-refractivity contribution is 0.388. The second-order valence-electron chi connectivity index (χ2n) is 6.74. The zero-order chi connectivity index (χ0) is 18.9. The molecule has 134 valence electrons. The van der Waals surface area contributed by atoms with E-state index in [0.717, 1.165) is 52.5 Å². The minimum atomic E-state index is 0.618. The Morgan fingerprint density at radius 2 is 2.00 bits per heavy atom. The molecular weight excluding hydrogens is 346 g/mol. The highest BCUT2D eigenvalue weighted by molar-refractivity contribution is 5.81. The van der Waals surface area contributed by atoms with Crippen molar-refractivity contribution in [3.05, 3.63) is 96.2 Å². The number of anilines is 2. The molecule has 0 saturated heterocycles. The number of fused-ring (bicyclic) bond motifs is 1. The van der Waals surface area contributed by atoms with Gasteiger partial charge in [0.15, 0.2) is 5.75 Å². The lowest BCUT2D eigenvalue weighted by atomic mass is 10.0. The number of hydrogen-bond donors (Lipinski definition) is 0. The topological polar surface area (TPSA) is 49.2 Å². The minimum Gasteiger partial charge on any atom is -0.457 e. The van der Waals surface area contributed by atoms with Crippen LogP contribution in [0.1, 0.15) is 18.4 Å². The molecule has 0 fully saturated rings. The van der Waals surface area contributed by atoms with Crippen LogP contribution in [-0.2, 0) is 0 Å². The lowest BCUT2D eigenvalue weighted by Crippen LogP contribution is -2.24. The minimum absolute atomic E-state index is 0.618. The van der Waals surface area contributed by atoms with E-state index >= 15 is 0 Å². The van der Waals surface area contributed by atoms with Gasteiger partial charge in [-0.1, -0.05) is 30.3 Å². The molecule has 4 heteroatoms. The SMILES string of the molecule is N#Cc1ccncc1-c1cccc(N2C3=C(CCC=C3)Oc3ccccc32)c1. The monoisotopic (exact) mass is 363 g/mol. The van der Waals surface area contributed by atoms with Gasteiger partial charge in [-0.05, 0) is 48.4 Å². The first-order chi connectivity index (χ1) is 13.8. The number of pyridine rings is 1. The molecule has 2 aromatic carbocycles. The Hall–Kier alpha value is -3.84. The van der Waals surface area contributed by atoms with Gasteiger partial charge in [0, 0.05) is 30.1 Å². The normalized spacial score (nSPS) is 14.8. The van der Waals surface area contributed by atoms with E-state index in [9.17, 15) is 5.26 Å². The summed E-state index contributed by atoms with van der Waals surface area (Å²) in [7, 11) is 0. The van der Waals surface area contributed by atoms with E-state index in [1.165, 1.54) is 0 Å². The fourth-order valence-electron chi connectivity index (χ4n) is 3.74. The summed E-state index contributed by atoms with van der Waals surface area (Å²) >= 11 is 0. The number of benzene rings is 2. The van der Waals surface area contributed by atoms with Gasteiger partial charge in [-0.15, -0.1) is 0 Å². The molecule has 0 N–H and O–H groups in total. The van der Waals surface area contributed by atoms with Crippen molar-refractivity contribution in [1.82, 2.24) is 4.98 Å². The molecule has 0 amide bonds. The zero-order valence-corrected chi connectivity index (χ0v) is 15.2. The summed E-state index contributed by atoms with van der Waals surface area (Å²) in [6, 6.07) is 20.3. The van der Waals surface area contributed by atoms with E-state index in [0.29, 0.717) is 5.56 Å². The maximum absolute atomic E-state index is 9.46. The molecule has 5 rings (SSSR count). The van der Waals surface area contributed by atoms with Gasteiger partial charge in [-0.25, -0.2) is 0 Å². The predicted molar refractivity (Wildman–Crippen MR) is 109 cm³/mol. The van der Waals surface area contributed by atoms with Gasteiger partial charge in [-0.3, -0.25) is 4.98 Å². The average molecular weight is 363 g/mol. The van der Waals surface area contributed by atoms with E-state index in [1.807, 2.05) is 30.3 Å². The third kappa shape index (κ3) is 2.65. The Morgan fingerprint density at radius 3 is 2.93 bits per heavy atom. The second kappa shape index (κ2) is 6.71. The molecule has 0 saturated carbocycles. The summed E-state index contributed by atoms with van der Waals surface area (Å²) < 4.78 is 6.17. The van der Waals surface area contributed by atoms with Crippen LogP contribution in [-0.4, -0.2) is 4.98 Å². The molecule has 0 radical (unpaired) electrons. The van der Waals surface area contributed by atoms with Crippen LogP contribution in [0.2, 0.25) is 0 Å². The smallest absolute Gasteiger partial charge is 0.151 e. The largest absolute Gasteiger partial charge is 0.457 e. The third-order valence-electron chi connectivity index (χ3n) is 5.04. The molecule has 1 aromatic heterocycles. The molecule has 28 heavy (non-hydrogen) atoms. The van der Waals surface area contributed by atoms with Crippen molar-refractivity contribution in [2.24, 2.45) is 0 Å². The molecule has 1 aliphatic heterocycles. The Bertz CT molecular complexity index is 1170. The first-order valence-corrected chi connectivity index (χ1v) is 9.26. The summed E-state index contributed by atoms with van der Waals surface area (Å²) in [6.45, 7) is 0. The molecule has 2 heterocycles. The average Bonchev–Trinajstić information content (AvgIpc) is 2.77. The highest BCUT2D eigenvalue weighted by atomic mass is 16.5. The number of rotatable bonds is 2. The van der Waals surface area contributed by atoms with Crippen molar-refractivity contribution in [1.29, 1.82) is 5.26 Å². The van der Waals surface area contributed by atoms with E-state index in [2.05, 4.69) is 46.3 Å². The quantitative estimate of drug-likeness (QED) is 0.585. The molecule has 4 nitrogen and oxygen atoms in total. The van der Waals surface area contributed by atoms with Gasteiger partial charge in [-0.2, -0.15) is 5.26 Å². The van der Waals surface area contributed by atoms with Crippen LogP contribution < -0.4 is 9.64 Å². The third-order valence-corrected chi connectivity index (χ3v) is 5.04. The summed E-state index contributed by atoms with van der Waals surface area (Å²) in [6.07, 6.45) is 9.58. The van der Waals surface area contributed by atoms with Crippen molar-refractivity contribution < 1.29 is 4.74 Å². The molecule has 0 atom stereocenters. The van der Waals surface area contributed by atoms with E-state index < -0.39 is 0 Å². The fraction of sp³-hybridized carbons (Fsp3) is 0.0833. The molecule has 2 aliphatic rings. The number of nitrogens with zero attached hydrogens (tertiary/aromatic N) is 3. The molecule has 0 unspecified atom stereocenters. The van der Waals surface area contributed by atoms with Crippen LogP contribution in [0.25, 0.3) is 11.1 Å². The second-order valence-corrected chi connectivity index (χ2v) is 6.74. The summed E-state index contributed by atoms with van der Waals surface area (Å²) in [5.74, 6) is 1.85. The number of ether oxygens (including phenoxy) is 1. The highest BCUT2D eigenvalue weighted by Gasteiger charge is 2.27. The van der Waals surface area contributed by atoms with Crippen LogP contribution in [0.4, 0.5) is 11.4 Å². The molecule has 0 bridgehead atoms. The number of aromatic nitrogens is 1. The Labute approximate surface area is 163 Å². The summed E-state index contributed by atoms with van der Waals surface area (Å²) in [4.78, 5) is 6.44. The fourth-order valence-corrected chi connectivity index (χ4v) is 3.74. The van der Waals surface area contributed by atoms with Gasteiger partial charge < -0.3 is 9.64 Å². The van der Waals surface area contributed by atoms with Gasteiger partial charge >= 0.3 is 0 Å². The van der Waals surface area contributed by atoms with Crippen LogP contribution in [0.15, 0.2) is 90.6 Å². The zero-order valence-electron chi connectivity index (χ0n) is 15.2. The van der Waals surface area contributed by atoms with Gasteiger partial charge in [0.1, 0.15) is 5.76 Å². The van der Waals surface area contributed by atoms with Gasteiger partial charge in [0.2, 0.25) is 0 Å². The van der Waals surface area contributed by atoms with Gasteiger partial charge in [0.05, 0.1) is 23.0 Å². The Kier molecular flexibility index (Phi) is 3.92. The summed E-state index contributed by atoms with van der Waals surface area (Å²) in [5.41, 5.74) is 5.52. The van der Waals surface area contributed by atoms with Crippen molar-refractivity contribution in [3.8, 4) is 22.9 Å². The van der Waals surface area contributed by atoms with Crippen LogP contribution >= 0.6 is 0 Å². The first-order valence-electron chi connectivity index (χ1n) is 9.26. The maximum Gasteiger partial charge on any atom is 0.151 e. The van der Waals surface area contributed by atoms with Crippen molar-refractivity contribution in [2.75, 3.05) is 4.90 Å². The van der Waals surface area contributed by atoms with Crippen molar-refractivity contribution in [3.63, 3.8) is 0 Å². The van der Waals surface area contributed by atoms with Crippen molar-refractivity contribution >= 4 is 11.4 Å². The Morgan fingerprint density at radius 1 is 1.07 bits per heavy atom. The van der Waals surface area contributed by atoms with Crippen LogP contribution in [0.5, 0.6) is 5.75 Å². The number of allylic oxidation sites excluding steroid dienone is 3. The molecule has 0 spiro atoms. The van der Waals surface area contributed by atoms with E-state index in [1.54, 1.807) is 18.5 Å². The first kappa shape index (κ1) is 16.3. The molecule has 3 aromatic rings. The lowest BCUT2D eigenvalue weighted by Gasteiger charge is -2.35. The van der Waals surface area contributed by atoms with Gasteiger partial charge in [0.25, 0.3) is 0 Å². The number of para-hydroxylation sites is 2. The standard InChI is InChI=1S/C24H17N3O/c25-15-18-12-13-26-16-20(18)17-6-5-7-19(14-17)27-21-8-1-3-10-23(21)28-24-11-4-2-9-22(24)27/h1-3,5-10,12-14,16H,4,11H2. The van der Waals surface area contributed by atoms with Crippen LogP contribution in [0, 0.1) is 11.3 Å². The highest BCUT2D eigenvalue weighted by Crippen LogP contribution is 2.45. The Balaban J connectivity index is 1.68.